The maximum atomic E-state index is 12.2. The van der Waals surface area contributed by atoms with E-state index >= 15 is 0 Å². The summed E-state index contributed by atoms with van der Waals surface area (Å²) in [7, 11) is -1.59. The highest BCUT2D eigenvalue weighted by molar-refractivity contribution is 7.83. The molecule has 2 unspecified atom stereocenters. The van der Waals surface area contributed by atoms with Crippen LogP contribution in [0.25, 0.3) is 11.1 Å². The minimum absolute atomic E-state index is 0.314. The molecule has 0 fully saturated rings. The highest BCUT2D eigenvalue weighted by atomic mass is 32.2. The highest BCUT2D eigenvalue weighted by Crippen LogP contribution is 2.20. The van der Waals surface area contributed by atoms with Crippen molar-refractivity contribution in [1.29, 1.82) is 0 Å². The van der Waals surface area contributed by atoms with Crippen LogP contribution in [0, 0.1) is 5.92 Å². The van der Waals surface area contributed by atoms with Crippen LogP contribution in [0.4, 0.5) is 0 Å². The first-order valence-corrected chi connectivity index (χ1v) is 8.75. The Hall–Kier alpha value is -1.98. The Morgan fingerprint density at radius 1 is 1.04 bits per heavy atom. The number of nitrogens with one attached hydrogen (secondary N) is 1. The van der Waals surface area contributed by atoms with Crippen molar-refractivity contribution in [3.8, 4) is 11.1 Å². The molecular weight excluding hydrogens is 308 g/mol. The van der Waals surface area contributed by atoms with Gasteiger partial charge in [0.1, 0.15) is 0 Å². The van der Waals surface area contributed by atoms with Crippen LogP contribution in [-0.4, -0.2) is 16.2 Å². The molecule has 0 bridgehead atoms. The summed E-state index contributed by atoms with van der Waals surface area (Å²) < 4.78 is 14.7. The van der Waals surface area contributed by atoms with Gasteiger partial charge in [-0.1, -0.05) is 56.3 Å². The third kappa shape index (κ3) is 5.01. The molecular formula is C18H22N2O2S. The Kier molecular flexibility index (Phi) is 6.07. The van der Waals surface area contributed by atoms with Gasteiger partial charge in [0.2, 0.25) is 5.91 Å². The van der Waals surface area contributed by atoms with E-state index < -0.39 is 17.0 Å². The molecule has 4 nitrogen and oxygen atoms in total. The monoisotopic (exact) mass is 330 g/mol. The number of hydrogen-bond acceptors (Lipinski definition) is 3. The molecule has 0 aliphatic heterocycles. The lowest BCUT2D eigenvalue weighted by Gasteiger charge is -2.13. The number of carbonyl (C=O) groups excluding carboxylic acids is 1. The van der Waals surface area contributed by atoms with Gasteiger partial charge in [0.25, 0.3) is 0 Å². The molecule has 0 aliphatic carbocycles. The average molecular weight is 330 g/mol. The van der Waals surface area contributed by atoms with E-state index in [0.29, 0.717) is 17.2 Å². The quantitative estimate of drug-likeness (QED) is 0.855. The Morgan fingerprint density at radius 2 is 1.61 bits per heavy atom. The van der Waals surface area contributed by atoms with Crippen molar-refractivity contribution >= 4 is 16.9 Å². The second-order valence-electron chi connectivity index (χ2n) is 5.86. The Morgan fingerprint density at radius 3 is 2.17 bits per heavy atom. The average Bonchev–Trinajstić information content (AvgIpc) is 2.55. The summed E-state index contributed by atoms with van der Waals surface area (Å²) in [5.74, 6) is -0.0708. The number of nitrogens with two attached hydrogens (primary N) is 1. The number of carbonyl (C=O) groups is 1. The van der Waals surface area contributed by atoms with E-state index in [1.165, 1.54) is 0 Å². The molecule has 2 atom stereocenters. The Balaban J connectivity index is 2.02. The van der Waals surface area contributed by atoms with Gasteiger partial charge in [-0.15, -0.1) is 0 Å². The van der Waals surface area contributed by atoms with E-state index in [1.54, 1.807) is 12.1 Å². The van der Waals surface area contributed by atoms with Crippen LogP contribution in [-0.2, 0) is 15.8 Å². The molecule has 0 spiro atoms. The lowest BCUT2D eigenvalue weighted by atomic mass is 10.0. The van der Waals surface area contributed by atoms with Gasteiger partial charge in [-0.25, -0.2) is 4.21 Å². The molecule has 23 heavy (non-hydrogen) atoms. The van der Waals surface area contributed by atoms with E-state index in [1.807, 2.05) is 56.3 Å². The van der Waals surface area contributed by atoms with Crippen molar-refractivity contribution < 1.29 is 9.00 Å². The normalized spacial score (nSPS) is 13.6. The van der Waals surface area contributed by atoms with Gasteiger partial charge in [-0.2, -0.15) is 0 Å². The van der Waals surface area contributed by atoms with Crippen molar-refractivity contribution in [2.45, 2.75) is 31.2 Å². The number of rotatable bonds is 6. The summed E-state index contributed by atoms with van der Waals surface area (Å²) in [6, 6.07) is 16.6. The number of amides is 1. The Labute approximate surface area is 139 Å². The van der Waals surface area contributed by atoms with Gasteiger partial charge in [0.15, 0.2) is 11.0 Å². The zero-order valence-electron chi connectivity index (χ0n) is 13.4. The standard InChI is InChI=1S/C18H22N2O2S/c1-13(2)12-17(19)18(21)20-23(22)16-10-8-15(9-11-16)14-6-4-3-5-7-14/h3-11,13,17H,12,19H2,1-2H3,(H,20,21). The molecule has 0 aliphatic rings. The topological polar surface area (TPSA) is 72.2 Å². The van der Waals surface area contributed by atoms with E-state index in [-0.39, 0.29) is 5.91 Å². The molecule has 3 N–H and O–H groups in total. The van der Waals surface area contributed by atoms with Gasteiger partial charge in [0, 0.05) is 0 Å². The van der Waals surface area contributed by atoms with Gasteiger partial charge >= 0.3 is 0 Å². The lowest BCUT2D eigenvalue weighted by molar-refractivity contribution is -0.120. The van der Waals surface area contributed by atoms with Gasteiger partial charge in [0.05, 0.1) is 10.9 Å². The summed E-state index contributed by atoms with van der Waals surface area (Å²) in [6.45, 7) is 3.98. The van der Waals surface area contributed by atoms with Crippen molar-refractivity contribution in [3.63, 3.8) is 0 Å². The van der Waals surface area contributed by atoms with Crippen molar-refractivity contribution in [2.24, 2.45) is 11.7 Å². The maximum Gasteiger partial charge on any atom is 0.248 e. The lowest BCUT2D eigenvalue weighted by Crippen LogP contribution is -2.42. The minimum Gasteiger partial charge on any atom is -0.320 e. The van der Waals surface area contributed by atoms with Crippen molar-refractivity contribution in [2.75, 3.05) is 0 Å². The fourth-order valence-corrected chi connectivity index (χ4v) is 3.08. The van der Waals surface area contributed by atoms with Crippen molar-refractivity contribution in [3.05, 3.63) is 54.6 Å². The zero-order chi connectivity index (χ0) is 16.8. The van der Waals surface area contributed by atoms with E-state index in [2.05, 4.69) is 4.72 Å². The third-order valence-corrected chi connectivity index (χ3v) is 4.52. The van der Waals surface area contributed by atoms with Gasteiger partial charge in [-0.05, 0) is 35.6 Å². The zero-order valence-corrected chi connectivity index (χ0v) is 14.2. The summed E-state index contributed by atoms with van der Waals surface area (Å²) in [5, 5.41) is 0. The van der Waals surface area contributed by atoms with Crippen LogP contribution in [0.1, 0.15) is 20.3 Å². The Bertz CT molecular complexity index is 669. The molecule has 0 saturated carbocycles. The van der Waals surface area contributed by atoms with Crippen LogP contribution in [0.15, 0.2) is 59.5 Å². The summed E-state index contributed by atoms with van der Waals surface area (Å²) >= 11 is 0. The molecule has 0 heterocycles. The van der Waals surface area contributed by atoms with Crippen LogP contribution < -0.4 is 10.5 Å². The first-order valence-electron chi connectivity index (χ1n) is 7.60. The molecule has 0 saturated heterocycles. The van der Waals surface area contributed by atoms with Crippen molar-refractivity contribution in [1.82, 2.24) is 4.72 Å². The molecule has 122 valence electrons. The molecule has 2 rings (SSSR count). The molecule has 5 heteroatoms. The molecule has 1 amide bonds. The van der Waals surface area contributed by atoms with Gasteiger partial charge < -0.3 is 5.73 Å². The maximum absolute atomic E-state index is 12.2. The smallest absolute Gasteiger partial charge is 0.248 e. The second-order valence-corrected chi connectivity index (χ2v) is 7.07. The third-order valence-electron chi connectivity index (χ3n) is 3.43. The number of hydrogen-bond donors (Lipinski definition) is 2. The van der Waals surface area contributed by atoms with E-state index in [0.717, 1.165) is 11.1 Å². The summed E-state index contributed by atoms with van der Waals surface area (Å²) in [4.78, 5) is 12.5. The van der Waals surface area contributed by atoms with E-state index in [9.17, 15) is 9.00 Å². The SMILES string of the molecule is CC(C)CC(N)C(=O)NS(=O)c1ccc(-c2ccccc2)cc1. The molecule has 2 aromatic rings. The van der Waals surface area contributed by atoms with E-state index in [4.69, 9.17) is 5.73 Å². The summed E-state index contributed by atoms with van der Waals surface area (Å²) in [5.41, 5.74) is 7.93. The van der Waals surface area contributed by atoms with Crippen LogP contribution in [0.3, 0.4) is 0 Å². The fourth-order valence-electron chi connectivity index (χ4n) is 2.24. The van der Waals surface area contributed by atoms with Gasteiger partial charge in [-0.3, -0.25) is 9.52 Å². The molecule has 2 aromatic carbocycles. The highest BCUT2D eigenvalue weighted by Gasteiger charge is 2.17. The second kappa shape index (κ2) is 8.04. The van der Waals surface area contributed by atoms with Crippen LogP contribution in [0.5, 0.6) is 0 Å². The molecule has 0 aromatic heterocycles. The first-order chi connectivity index (χ1) is 11.0. The predicted octanol–water partition coefficient (Wildman–Crippen LogP) is 2.87. The molecule has 0 radical (unpaired) electrons. The largest absolute Gasteiger partial charge is 0.320 e. The van der Waals surface area contributed by atoms with Crippen LogP contribution in [0.2, 0.25) is 0 Å². The summed E-state index contributed by atoms with van der Waals surface area (Å²) in [6.07, 6.45) is 0.565. The number of benzene rings is 2. The minimum atomic E-state index is -1.59. The van der Waals surface area contributed by atoms with Crippen LogP contribution >= 0.6 is 0 Å². The fraction of sp³-hybridized carbons (Fsp3) is 0.278. The predicted molar refractivity (Wildman–Crippen MR) is 93.9 cm³/mol. The first kappa shape index (κ1) is 17.4.